The fourth-order valence-corrected chi connectivity index (χ4v) is 4.88. The fraction of sp³-hybridized carbons (Fsp3) is 0.444. The molecule has 0 aliphatic carbocycles. The summed E-state index contributed by atoms with van der Waals surface area (Å²) in [7, 11) is -2.20. The van der Waals surface area contributed by atoms with Gasteiger partial charge in [0, 0.05) is 11.9 Å². The Labute approximate surface area is 113 Å². The van der Waals surface area contributed by atoms with Crippen molar-refractivity contribution in [2.75, 3.05) is 7.05 Å². The molecule has 96 valence electrons. The van der Waals surface area contributed by atoms with Crippen molar-refractivity contribution < 1.29 is 13.2 Å². The van der Waals surface area contributed by atoms with Gasteiger partial charge < -0.3 is 5.32 Å². The molecule has 1 atom stereocenters. The number of halogens is 1. The third kappa shape index (κ3) is 3.51. The minimum absolute atomic E-state index is 0.199. The van der Waals surface area contributed by atoms with Crippen LogP contribution >= 0.6 is 27.3 Å². The monoisotopic (exact) mass is 340 g/mol. The van der Waals surface area contributed by atoms with Crippen molar-refractivity contribution in [3.63, 3.8) is 0 Å². The van der Waals surface area contributed by atoms with Crippen LogP contribution in [0.5, 0.6) is 0 Å². The van der Waals surface area contributed by atoms with Crippen molar-refractivity contribution in [1.82, 2.24) is 10.0 Å². The van der Waals surface area contributed by atoms with Crippen LogP contribution in [-0.4, -0.2) is 27.4 Å². The first kappa shape index (κ1) is 14.6. The molecule has 1 amide bonds. The number of likely N-dealkylation sites (N-methyl/N-ethyl adjacent to an activating group) is 1. The van der Waals surface area contributed by atoms with Crippen LogP contribution in [0, 0.1) is 6.92 Å². The predicted octanol–water partition coefficient (Wildman–Crippen LogP) is 1.23. The maximum atomic E-state index is 12.0. The van der Waals surface area contributed by atoms with Gasteiger partial charge >= 0.3 is 0 Å². The maximum absolute atomic E-state index is 12.0. The first-order valence-electron chi connectivity index (χ1n) is 4.77. The summed E-state index contributed by atoms with van der Waals surface area (Å²) in [6, 6.07) is 0.724. The summed E-state index contributed by atoms with van der Waals surface area (Å²) in [6.07, 6.45) is 0. The number of sulfonamides is 1. The number of aryl methyl sites for hydroxylation is 1. The Morgan fingerprint density at radius 3 is 2.53 bits per heavy atom. The number of amides is 1. The molecule has 1 heterocycles. The third-order valence-electron chi connectivity index (χ3n) is 2.10. The Morgan fingerprint density at radius 2 is 2.12 bits per heavy atom. The smallest absolute Gasteiger partial charge is 0.242 e. The summed E-state index contributed by atoms with van der Waals surface area (Å²) in [5, 5.41) is 2.39. The lowest BCUT2D eigenvalue weighted by atomic mass is 10.3. The van der Waals surface area contributed by atoms with Gasteiger partial charge in [-0.2, -0.15) is 4.72 Å². The van der Waals surface area contributed by atoms with E-state index >= 15 is 0 Å². The van der Waals surface area contributed by atoms with Crippen molar-refractivity contribution in [3.05, 3.63) is 14.7 Å². The summed E-state index contributed by atoms with van der Waals surface area (Å²) in [4.78, 5) is 12.1. The van der Waals surface area contributed by atoms with Crippen LogP contribution in [0.4, 0.5) is 0 Å². The van der Waals surface area contributed by atoms with Crippen molar-refractivity contribution in [2.24, 2.45) is 0 Å². The molecule has 0 bridgehead atoms. The quantitative estimate of drug-likeness (QED) is 0.865. The van der Waals surface area contributed by atoms with Crippen LogP contribution in [0.3, 0.4) is 0 Å². The average molecular weight is 341 g/mol. The molecular formula is C9H13BrN2O3S2. The van der Waals surface area contributed by atoms with E-state index in [0.29, 0.717) is 4.88 Å². The molecule has 2 N–H and O–H groups in total. The highest BCUT2D eigenvalue weighted by Crippen LogP contribution is 2.29. The van der Waals surface area contributed by atoms with Gasteiger partial charge in [0.05, 0.1) is 14.7 Å². The molecule has 0 saturated heterocycles. The van der Waals surface area contributed by atoms with Gasteiger partial charge in [0.15, 0.2) is 0 Å². The normalized spacial score (nSPS) is 13.4. The van der Waals surface area contributed by atoms with Crippen LogP contribution in [0.25, 0.3) is 0 Å². The van der Waals surface area contributed by atoms with E-state index < -0.39 is 16.1 Å². The lowest BCUT2D eigenvalue weighted by Crippen LogP contribution is -2.43. The molecule has 1 rings (SSSR count). The third-order valence-corrected chi connectivity index (χ3v) is 5.45. The summed E-state index contributed by atoms with van der Waals surface area (Å²) in [6.45, 7) is 3.21. The van der Waals surface area contributed by atoms with Crippen LogP contribution in [-0.2, 0) is 14.8 Å². The first-order valence-corrected chi connectivity index (χ1v) is 7.87. The molecule has 0 aliphatic heterocycles. The van der Waals surface area contributed by atoms with Crippen LogP contribution in [0.1, 0.15) is 11.8 Å². The lowest BCUT2D eigenvalue weighted by Gasteiger charge is -2.12. The molecule has 0 saturated carbocycles. The van der Waals surface area contributed by atoms with Gasteiger partial charge in [0.2, 0.25) is 15.9 Å². The topological polar surface area (TPSA) is 75.3 Å². The van der Waals surface area contributed by atoms with Gasteiger partial charge in [-0.05, 0) is 35.8 Å². The zero-order chi connectivity index (χ0) is 13.2. The molecule has 1 aromatic heterocycles. The summed E-state index contributed by atoms with van der Waals surface area (Å²) >= 11 is 4.57. The second-order valence-electron chi connectivity index (χ2n) is 3.43. The molecule has 0 spiro atoms. The molecule has 0 radical (unpaired) electrons. The summed E-state index contributed by atoms with van der Waals surface area (Å²) in [5.41, 5.74) is 0. The van der Waals surface area contributed by atoms with E-state index in [1.165, 1.54) is 31.4 Å². The van der Waals surface area contributed by atoms with Gasteiger partial charge in [-0.3, -0.25) is 4.79 Å². The minimum atomic E-state index is -3.65. The van der Waals surface area contributed by atoms with E-state index in [9.17, 15) is 13.2 Å². The number of rotatable bonds is 4. The summed E-state index contributed by atoms with van der Waals surface area (Å²) in [5.74, 6) is -0.375. The van der Waals surface area contributed by atoms with Crippen LogP contribution in [0.2, 0.25) is 0 Å². The Bertz CT molecular complexity index is 524. The molecule has 5 nitrogen and oxygen atoms in total. The number of nitrogens with one attached hydrogen (secondary N) is 2. The highest BCUT2D eigenvalue weighted by molar-refractivity contribution is 9.11. The van der Waals surface area contributed by atoms with Gasteiger partial charge in [-0.25, -0.2) is 8.42 Å². The Balaban J connectivity index is 2.97. The fourth-order valence-electron chi connectivity index (χ4n) is 1.26. The second-order valence-corrected chi connectivity index (χ2v) is 7.75. The molecule has 8 heteroatoms. The standard InChI is InChI=1S/C9H13BrN2O3S2/c1-5(9(13)11-3)12-17(14,15)7-4-8(10)16-6(7)2/h4-5,12H,1-3H3,(H,11,13). The van der Waals surface area contributed by atoms with Crippen LogP contribution in [0.15, 0.2) is 14.7 Å². The zero-order valence-corrected chi connectivity index (χ0v) is 12.8. The molecule has 17 heavy (non-hydrogen) atoms. The summed E-state index contributed by atoms with van der Waals surface area (Å²) < 4.78 is 27.0. The Morgan fingerprint density at radius 1 is 1.53 bits per heavy atom. The van der Waals surface area contributed by atoms with E-state index in [1.54, 1.807) is 6.92 Å². The van der Waals surface area contributed by atoms with Crippen molar-refractivity contribution in [2.45, 2.75) is 24.8 Å². The lowest BCUT2D eigenvalue weighted by molar-refractivity contribution is -0.121. The Hall–Kier alpha value is -0.440. The maximum Gasteiger partial charge on any atom is 0.242 e. The molecule has 0 aromatic carbocycles. The number of carbonyl (C=O) groups is 1. The number of carbonyl (C=O) groups excluding carboxylic acids is 1. The van der Waals surface area contributed by atoms with E-state index in [1.807, 2.05) is 0 Å². The zero-order valence-electron chi connectivity index (χ0n) is 9.57. The molecular weight excluding hydrogens is 328 g/mol. The molecule has 1 aromatic rings. The van der Waals surface area contributed by atoms with E-state index in [2.05, 4.69) is 26.0 Å². The van der Waals surface area contributed by atoms with Crippen molar-refractivity contribution in [1.29, 1.82) is 0 Å². The SMILES string of the molecule is CNC(=O)C(C)NS(=O)(=O)c1cc(Br)sc1C. The Kier molecular flexibility index (Phi) is 4.70. The predicted molar refractivity (Wildman–Crippen MR) is 70.6 cm³/mol. The average Bonchev–Trinajstić information content (AvgIpc) is 2.56. The largest absolute Gasteiger partial charge is 0.358 e. The van der Waals surface area contributed by atoms with E-state index in [-0.39, 0.29) is 10.8 Å². The van der Waals surface area contributed by atoms with Gasteiger partial charge in [-0.15, -0.1) is 11.3 Å². The van der Waals surface area contributed by atoms with Crippen molar-refractivity contribution in [3.8, 4) is 0 Å². The van der Waals surface area contributed by atoms with Crippen LogP contribution < -0.4 is 10.0 Å². The molecule has 0 aliphatic rings. The second kappa shape index (κ2) is 5.47. The van der Waals surface area contributed by atoms with Crippen molar-refractivity contribution >= 4 is 43.2 Å². The highest BCUT2D eigenvalue weighted by Gasteiger charge is 2.24. The number of hydrogen-bond donors (Lipinski definition) is 2. The molecule has 0 fully saturated rings. The van der Waals surface area contributed by atoms with Gasteiger partial charge in [0.25, 0.3) is 0 Å². The number of thiophene rings is 1. The van der Waals surface area contributed by atoms with Gasteiger partial charge in [-0.1, -0.05) is 0 Å². The number of hydrogen-bond acceptors (Lipinski definition) is 4. The van der Waals surface area contributed by atoms with E-state index in [0.717, 1.165) is 3.79 Å². The van der Waals surface area contributed by atoms with E-state index in [4.69, 9.17) is 0 Å². The highest BCUT2D eigenvalue weighted by atomic mass is 79.9. The van der Waals surface area contributed by atoms with Gasteiger partial charge in [0.1, 0.15) is 0 Å². The first-order chi connectivity index (χ1) is 7.77. The minimum Gasteiger partial charge on any atom is -0.358 e. The molecule has 1 unspecified atom stereocenters.